The summed E-state index contributed by atoms with van der Waals surface area (Å²) in [5, 5.41) is 8.53. The molecule has 0 bridgehead atoms. The summed E-state index contributed by atoms with van der Waals surface area (Å²) in [6.07, 6.45) is 2.68. The SMILES string of the molecule is OCCCCCOc1ccc(F)cc1. The summed E-state index contributed by atoms with van der Waals surface area (Å²) in [7, 11) is 0. The minimum atomic E-state index is -0.252. The van der Waals surface area contributed by atoms with Gasteiger partial charge in [0.25, 0.3) is 0 Å². The maximum atomic E-state index is 12.5. The van der Waals surface area contributed by atoms with E-state index in [-0.39, 0.29) is 12.4 Å². The van der Waals surface area contributed by atoms with Crippen molar-refractivity contribution in [2.24, 2.45) is 0 Å². The van der Waals surface area contributed by atoms with Gasteiger partial charge in [0.15, 0.2) is 0 Å². The Balaban J connectivity index is 2.15. The molecule has 0 fully saturated rings. The minimum absolute atomic E-state index is 0.233. The van der Waals surface area contributed by atoms with Crippen LogP contribution in [-0.2, 0) is 0 Å². The third kappa shape index (κ3) is 4.23. The van der Waals surface area contributed by atoms with Crippen molar-refractivity contribution in [2.45, 2.75) is 19.3 Å². The maximum absolute atomic E-state index is 12.5. The molecule has 0 saturated heterocycles. The number of halogens is 1. The molecule has 0 aliphatic carbocycles. The van der Waals surface area contributed by atoms with Crippen LogP contribution in [0.3, 0.4) is 0 Å². The molecule has 0 spiro atoms. The van der Waals surface area contributed by atoms with E-state index in [0.717, 1.165) is 19.3 Å². The molecule has 1 aromatic rings. The number of ether oxygens (including phenoxy) is 1. The number of aliphatic hydroxyl groups is 1. The quantitative estimate of drug-likeness (QED) is 0.711. The molecule has 0 saturated carbocycles. The lowest BCUT2D eigenvalue weighted by Gasteiger charge is -2.04. The Labute approximate surface area is 83.3 Å². The van der Waals surface area contributed by atoms with Gasteiger partial charge in [-0.3, -0.25) is 0 Å². The van der Waals surface area contributed by atoms with Crippen molar-refractivity contribution in [3.8, 4) is 5.75 Å². The second-order valence-corrected chi connectivity index (χ2v) is 3.09. The van der Waals surface area contributed by atoms with Gasteiger partial charge < -0.3 is 9.84 Å². The van der Waals surface area contributed by atoms with E-state index in [2.05, 4.69) is 0 Å². The highest BCUT2D eigenvalue weighted by Gasteiger charge is 1.94. The smallest absolute Gasteiger partial charge is 0.123 e. The summed E-state index contributed by atoms with van der Waals surface area (Å²) in [6, 6.07) is 5.98. The first-order chi connectivity index (χ1) is 6.83. The molecule has 0 aliphatic heterocycles. The summed E-state index contributed by atoms with van der Waals surface area (Å²) in [4.78, 5) is 0. The van der Waals surface area contributed by atoms with E-state index >= 15 is 0 Å². The number of rotatable bonds is 6. The molecule has 1 aromatic carbocycles. The lowest BCUT2D eigenvalue weighted by Crippen LogP contribution is -1.97. The van der Waals surface area contributed by atoms with E-state index in [1.165, 1.54) is 12.1 Å². The third-order valence-electron chi connectivity index (χ3n) is 1.88. The largest absolute Gasteiger partial charge is 0.494 e. The van der Waals surface area contributed by atoms with E-state index in [4.69, 9.17) is 9.84 Å². The molecule has 2 nitrogen and oxygen atoms in total. The van der Waals surface area contributed by atoms with Crippen LogP contribution in [0.4, 0.5) is 4.39 Å². The van der Waals surface area contributed by atoms with Crippen molar-refractivity contribution in [1.29, 1.82) is 0 Å². The van der Waals surface area contributed by atoms with Gasteiger partial charge in [-0.2, -0.15) is 0 Å². The van der Waals surface area contributed by atoms with Gasteiger partial charge in [0.05, 0.1) is 6.61 Å². The standard InChI is InChI=1S/C11H15FO2/c12-10-4-6-11(7-5-10)14-9-3-1-2-8-13/h4-7,13H,1-3,8-9H2. The van der Waals surface area contributed by atoms with Crippen molar-refractivity contribution in [3.05, 3.63) is 30.1 Å². The maximum Gasteiger partial charge on any atom is 0.123 e. The molecule has 0 aliphatic rings. The van der Waals surface area contributed by atoms with Crippen LogP contribution in [0.5, 0.6) is 5.75 Å². The highest BCUT2D eigenvalue weighted by atomic mass is 19.1. The van der Waals surface area contributed by atoms with Gasteiger partial charge in [0, 0.05) is 6.61 Å². The summed E-state index contributed by atoms with van der Waals surface area (Å²) in [5.74, 6) is 0.438. The van der Waals surface area contributed by atoms with Gasteiger partial charge in [0.2, 0.25) is 0 Å². The lowest BCUT2D eigenvalue weighted by molar-refractivity contribution is 0.266. The molecule has 1 N–H and O–H groups in total. The fraction of sp³-hybridized carbons (Fsp3) is 0.455. The molecular formula is C11H15FO2. The fourth-order valence-corrected chi connectivity index (χ4v) is 1.11. The van der Waals surface area contributed by atoms with Crippen LogP contribution >= 0.6 is 0 Å². The van der Waals surface area contributed by atoms with Gasteiger partial charge in [-0.15, -0.1) is 0 Å². The molecule has 0 unspecified atom stereocenters. The predicted octanol–water partition coefficient (Wildman–Crippen LogP) is 2.37. The van der Waals surface area contributed by atoms with Gasteiger partial charge in [-0.25, -0.2) is 4.39 Å². The van der Waals surface area contributed by atoms with Crippen LogP contribution in [0.15, 0.2) is 24.3 Å². The van der Waals surface area contributed by atoms with Crippen molar-refractivity contribution in [2.75, 3.05) is 13.2 Å². The topological polar surface area (TPSA) is 29.5 Å². The molecule has 14 heavy (non-hydrogen) atoms. The Kier molecular flexibility index (Phi) is 5.00. The molecule has 0 radical (unpaired) electrons. The third-order valence-corrected chi connectivity index (χ3v) is 1.88. The van der Waals surface area contributed by atoms with Crippen LogP contribution < -0.4 is 4.74 Å². The number of hydrogen-bond donors (Lipinski definition) is 1. The van der Waals surface area contributed by atoms with Crippen LogP contribution in [0.1, 0.15) is 19.3 Å². The lowest BCUT2D eigenvalue weighted by atomic mass is 10.2. The van der Waals surface area contributed by atoms with E-state index < -0.39 is 0 Å². The minimum Gasteiger partial charge on any atom is -0.494 e. The fourth-order valence-electron chi connectivity index (χ4n) is 1.11. The first kappa shape index (κ1) is 11.0. The number of benzene rings is 1. The van der Waals surface area contributed by atoms with Crippen LogP contribution in [0.25, 0.3) is 0 Å². The Morgan fingerprint density at radius 2 is 1.79 bits per heavy atom. The molecule has 0 amide bonds. The monoisotopic (exact) mass is 198 g/mol. The van der Waals surface area contributed by atoms with Gasteiger partial charge in [0.1, 0.15) is 11.6 Å². The Bertz CT molecular complexity index is 246. The second kappa shape index (κ2) is 6.38. The van der Waals surface area contributed by atoms with Gasteiger partial charge >= 0.3 is 0 Å². The Morgan fingerprint density at radius 1 is 1.07 bits per heavy atom. The van der Waals surface area contributed by atoms with Crippen LogP contribution in [-0.4, -0.2) is 18.3 Å². The predicted molar refractivity (Wildman–Crippen MR) is 52.8 cm³/mol. The average molecular weight is 198 g/mol. The van der Waals surface area contributed by atoms with Gasteiger partial charge in [-0.1, -0.05) is 0 Å². The second-order valence-electron chi connectivity index (χ2n) is 3.09. The van der Waals surface area contributed by atoms with E-state index in [9.17, 15) is 4.39 Å². The zero-order valence-corrected chi connectivity index (χ0v) is 8.08. The summed E-state index contributed by atoms with van der Waals surface area (Å²) >= 11 is 0. The van der Waals surface area contributed by atoms with Gasteiger partial charge in [-0.05, 0) is 43.5 Å². The summed E-state index contributed by atoms with van der Waals surface area (Å²) in [6.45, 7) is 0.849. The van der Waals surface area contributed by atoms with E-state index in [0.29, 0.717) is 12.4 Å². The first-order valence-corrected chi connectivity index (χ1v) is 4.82. The van der Waals surface area contributed by atoms with Crippen molar-refractivity contribution in [3.63, 3.8) is 0 Å². The molecule has 0 heterocycles. The molecule has 1 rings (SSSR count). The highest BCUT2D eigenvalue weighted by Crippen LogP contribution is 2.11. The Morgan fingerprint density at radius 3 is 2.43 bits per heavy atom. The van der Waals surface area contributed by atoms with Crippen LogP contribution in [0, 0.1) is 5.82 Å². The van der Waals surface area contributed by atoms with Crippen molar-refractivity contribution in [1.82, 2.24) is 0 Å². The number of unbranched alkanes of at least 4 members (excludes halogenated alkanes) is 2. The molecule has 3 heteroatoms. The Hall–Kier alpha value is -1.09. The van der Waals surface area contributed by atoms with Crippen molar-refractivity contribution >= 4 is 0 Å². The summed E-state index contributed by atoms with van der Waals surface area (Å²) in [5.41, 5.74) is 0. The van der Waals surface area contributed by atoms with E-state index in [1.54, 1.807) is 12.1 Å². The molecule has 0 aromatic heterocycles. The van der Waals surface area contributed by atoms with Crippen molar-refractivity contribution < 1.29 is 14.2 Å². The zero-order valence-electron chi connectivity index (χ0n) is 8.08. The zero-order chi connectivity index (χ0) is 10.2. The molecule has 78 valence electrons. The van der Waals surface area contributed by atoms with E-state index in [1.807, 2.05) is 0 Å². The number of hydrogen-bond acceptors (Lipinski definition) is 2. The first-order valence-electron chi connectivity index (χ1n) is 4.82. The summed E-state index contributed by atoms with van der Waals surface area (Å²) < 4.78 is 17.9. The average Bonchev–Trinajstić information content (AvgIpc) is 2.21. The highest BCUT2D eigenvalue weighted by molar-refractivity contribution is 5.21. The number of aliphatic hydroxyl groups excluding tert-OH is 1. The molecular weight excluding hydrogens is 183 g/mol. The van der Waals surface area contributed by atoms with Crippen LogP contribution in [0.2, 0.25) is 0 Å². The normalized spacial score (nSPS) is 10.1. The molecule has 0 atom stereocenters.